The Balaban J connectivity index is 1.42. The molecule has 1 aromatic heterocycles. The highest BCUT2D eigenvalue weighted by molar-refractivity contribution is 5.79. The number of ether oxygens (including phenoxy) is 2. The first-order valence-corrected chi connectivity index (χ1v) is 12.0. The summed E-state index contributed by atoms with van der Waals surface area (Å²) in [6, 6.07) is 0. The minimum absolute atomic E-state index is 0.424. The van der Waals surface area contributed by atoms with Crippen LogP contribution in [0.1, 0.15) is 56.6 Å². The van der Waals surface area contributed by atoms with Crippen LogP contribution >= 0.6 is 0 Å². The molecule has 1 saturated heterocycles. The largest absolute Gasteiger partial charge is 0.379 e. The maximum atomic E-state index is 6.11. The average Bonchev–Trinajstić information content (AvgIpc) is 2.98. The van der Waals surface area contributed by atoms with Gasteiger partial charge in [-0.05, 0) is 32.7 Å². The van der Waals surface area contributed by atoms with E-state index >= 15 is 0 Å². The van der Waals surface area contributed by atoms with Crippen LogP contribution in [-0.4, -0.2) is 84.3 Å². The van der Waals surface area contributed by atoms with Gasteiger partial charge < -0.3 is 24.7 Å². The summed E-state index contributed by atoms with van der Waals surface area (Å²) in [5.41, 5.74) is 0. The summed E-state index contributed by atoms with van der Waals surface area (Å²) in [6.07, 6.45) is 9.20. The van der Waals surface area contributed by atoms with Crippen LogP contribution in [-0.2, 0) is 23.1 Å². The fourth-order valence-corrected chi connectivity index (χ4v) is 4.05. The van der Waals surface area contributed by atoms with Crippen LogP contribution in [0.25, 0.3) is 0 Å². The molecule has 0 aromatic carbocycles. The minimum atomic E-state index is 0.424. The molecule has 0 spiro atoms. The van der Waals surface area contributed by atoms with Crippen molar-refractivity contribution in [3.05, 3.63) is 11.6 Å². The van der Waals surface area contributed by atoms with Gasteiger partial charge in [0.15, 0.2) is 11.8 Å². The van der Waals surface area contributed by atoms with Crippen molar-refractivity contribution in [1.29, 1.82) is 0 Å². The molecular weight excluding hydrogens is 394 g/mol. The van der Waals surface area contributed by atoms with Gasteiger partial charge in [-0.25, -0.2) is 4.99 Å². The van der Waals surface area contributed by atoms with Gasteiger partial charge in [0.05, 0.1) is 25.9 Å². The highest BCUT2D eigenvalue weighted by Gasteiger charge is 2.13. The molecule has 176 valence electrons. The van der Waals surface area contributed by atoms with Crippen molar-refractivity contribution in [2.24, 2.45) is 12.0 Å². The molecule has 2 heterocycles. The van der Waals surface area contributed by atoms with Gasteiger partial charge in [0.1, 0.15) is 12.4 Å². The molecule has 1 aliphatic carbocycles. The lowest BCUT2D eigenvalue weighted by molar-refractivity contribution is 0.0376. The first-order valence-electron chi connectivity index (χ1n) is 12.0. The van der Waals surface area contributed by atoms with E-state index in [2.05, 4.69) is 25.7 Å². The van der Waals surface area contributed by atoms with Crippen LogP contribution in [0.3, 0.4) is 0 Å². The second-order valence-corrected chi connectivity index (χ2v) is 8.53. The Labute approximate surface area is 187 Å². The summed E-state index contributed by atoms with van der Waals surface area (Å²) in [7, 11) is 1.98. The molecule has 0 atom stereocenters. The van der Waals surface area contributed by atoms with E-state index in [4.69, 9.17) is 14.5 Å². The molecule has 0 amide bonds. The predicted molar refractivity (Wildman–Crippen MR) is 122 cm³/mol. The minimum Gasteiger partial charge on any atom is -0.379 e. The zero-order valence-corrected chi connectivity index (χ0v) is 19.4. The maximum absolute atomic E-state index is 6.11. The monoisotopic (exact) mass is 435 g/mol. The lowest BCUT2D eigenvalue weighted by Crippen LogP contribution is -2.42. The lowest BCUT2D eigenvalue weighted by Gasteiger charge is -2.26. The standard InChI is InChI=1S/C22H41N7O2/c1-19-26-27-21(28(19)2)18-25-22(23-10-7-12-29-13-16-30-17-14-29)24-11-15-31-20-8-5-3-4-6-9-20/h20H,3-18H2,1-2H3,(H2,23,24,25). The van der Waals surface area contributed by atoms with E-state index in [-0.39, 0.29) is 0 Å². The van der Waals surface area contributed by atoms with Crippen LogP contribution in [0.5, 0.6) is 0 Å². The maximum Gasteiger partial charge on any atom is 0.191 e. The molecule has 0 bridgehead atoms. The molecule has 1 saturated carbocycles. The van der Waals surface area contributed by atoms with E-state index in [0.717, 1.165) is 70.0 Å². The van der Waals surface area contributed by atoms with Gasteiger partial charge in [-0.1, -0.05) is 25.7 Å². The van der Waals surface area contributed by atoms with Crippen molar-refractivity contribution in [3.8, 4) is 0 Å². The summed E-state index contributed by atoms with van der Waals surface area (Å²) in [5, 5.41) is 15.2. The Bertz CT molecular complexity index is 650. The summed E-state index contributed by atoms with van der Waals surface area (Å²) in [6.45, 7) is 9.63. The van der Waals surface area contributed by atoms with Crippen molar-refractivity contribution < 1.29 is 9.47 Å². The van der Waals surface area contributed by atoms with Crippen LogP contribution in [0, 0.1) is 6.92 Å². The van der Waals surface area contributed by atoms with E-state index in [1.54, 1.807) is 0 Å². The Hall–Kier alpha value is -1.71. The number of guanidine groups is 1. The Morgan fingerprint density at radius 2 is 1.84 bits per heavy atom. The summed E-state index contributed by atoms with van der Waals surface area (Å²) in [5.74, 6) is 2.57. The number of rotatable bonds is 10. The molecule has 2 fully saturated rings. The molecule has 31 heavy (non-hydrogen) atoms. The molecule has 9 nitrogen and oxygen atoms in total. The van der Waals surface area contributed by atoms with Gasteiger partial charge in [0, 0.05) is 33.2 Å². The van der Waals surface area contributed by atoms with E-state index in [0.29, 0.717) is 19.3 Å². The van der Waals surface area contributed by atoms with Crippen molar-refractivity contribution in [3.63, 3.8) is 0 Å². The Kier molecular flexibility index (Phi) is 10.5. The number of nitrogens with one attached hydrogen (secondary N) is 2. The summed E-state index contributed by atoms with van der Waals surface area (Å²) in [4.78, 5) is 7.19. The molecule has 0 unspecified atom stereocenters. The van der Waals surface area contributed by atoms with Crippen molar-refractivity contribution in [1.82, 2.24) is 30.3 Å². The first-order chi connectivity index (χ1) is 15.2. The summed E-state index contributed by atoms with van der Waals surface area (Å²) < 4.78 is 13.5. The van der Waals surface area contributed by atoms with E-state index in [1.807, 2.05) is 18.5 Å². The number of aryl methyl sites for hydroxylation is 1. The normalized spacial score (nSPS) is 19.4. The quantitative estimate of drug-likeness (QED) is 0.250. The van der Waals surface area contributed by atoms with Gasteiger partial charge in [0.25, 0.3) is 0 Å². The molecule has 1 aromatic rings. The van der Waals surface area contributed by atoms with Crippen molar-refractivity contribution in [2.75, 3.05) is 52.5 Å². The van der Waals surface area contributed by atoms with Crippen LogP contribution < -0.4 is 10.6 Å². The van der Waals surface area contributed by atoms with E-state index in [1.165, 1.54) is 38.5 Å². The second-order valence-electron chi connectivity index (χ2n) is 8.53. The van der Waals surface area contributed by atoms with Crippen molar-refractivity contribution >= 4 is 5.96 Å². The van der Waals surface area contributed by atoms with Crippen molar-refractivity contribution in [2.45, 2.75) is 64.5 Å². The number of aromatic nitrogens is 3. The van der Waals surface area contributed by atoms with E-state index < -0.39 is 0 Å². The third-order valence-corrected chi connectivity index (χ3v) is 6.16. The summed E-state index contributed by atoms with van der Waals surface area (Å²) >= 11 is 0. The lowest BCUT2D eigenvalue weighted by atomic mass is 10.1. The Morgan fingerprint density at radius 3 is 2.55 bits per heavy atom. The van der Waals surface area contributed by atoms with E-state index in [9.17, 15) is 0 Å². The SMILES string of the molecule is Cc1nnc(CN=C(NCCCN2CCOCC2)NCCOC2CCCCCC2)n1C. The molecular formula is C22H41N7O2. The highest BCUT2D eigenvalue weighted by Crippen LogP contribution is 2.19. The smallest absolute Gasteiger partial charge is 0.191 e. The molecule has 2 aliphatic rings. The number of hydrogen-bond donors (Lipinski definition) is 2. The third-order valence-electron chi connectivity index (χ3n) is 6.16. The van der Waals surface area contributed by atoms with Gasteiger partial charge in [-0.2, -0.15) is 0 Å². The fraction of sp³-hybridized carbons (Fsp3) is 0.864. The number of hydrogen-bond acceptors (Lipinski definition) is 6. The highest BCUT2D eigenvalue weighted by atomic mass is 16.5. The zero-order chi connectivity index (χ0) is 21.7. The number of aliphatic imine (C=N–C) groups is 1. The molecule has 9 heteroatoms. The van der Waals surface area contributed by atoms with Gasteiger partial charge in [-0.3, -0.25) is 4.90 Å². The van der Waals surface area contributed by atoms with Gasteiger partial charge >= 0.3 is 0 Å². The van der Waals surface area contributed by atoms with Gasteiger partial charge in [-0.15, -0.1) is 10.2 Å². The topological polar surface area (TPSA) is 88.8 Å². The third kappa shape index (κ3) is 8.74. The number of morpholine rings is 1. The van der Waals surface area contributed by atoms with Crippen LogP contribution in [0.4, 0.5) is 0 Å². The molecule has 2 N–H and O–H groups in total. The predicted octanol–water partition coefficient (Wildman–Crippen LogP) is 1.62. The molecule has 3 rings (SSSR count). The van der Waals surface area contributed by atoms with Gasteiger partial charge in [0.2, 0.25) is 0 Å². The molecule has 0 radical (unpaired) electrons. The average molecular weight is 436 g/mol. The molecule has 1 aliphatic heterocycles. The Morgan fingerprint density at radius 1 is 1.10 bits per heavy atom. The van der Waals surface area contributed by atoms with Crippen LogP contribution in [0.2, 0.25) is 0 Å². The van der Waals surface area contributed by atoms with Crippen LogP contribution in [0.15, 0.2) is 4.99 Å². The second kappa shape index (κ2) is 13.6. The zero-order valence-electron chi connectivity index (χ0n) is 19.4. The number of nitrogens with zero attached hydrogens (tertiary/aromatic N) is 5. The first kappa shape index (κ1) is 23.9. The fourth-order valence-electron chi connectivity index (χ4n) is 4.05.